The number of carbonyl (C=O) groups is 2. The first-order chi connectivity index (χ1) is 16.0. The number of piperidine rings is 1. The SMILES string of the molecule is CCC(CC)Nc1cc(C(=O)N2CCC(NC(=O)OC)CC2)nc(-c2cnn3ccsc23)n1. The van der Waals surface area contributed by atoms with Crippen molar-refractivity contribution in [2.24, 2.45) is 0 Å². The molecule has 3 aromatic heterocycles. The van der Waals surface area contributed by atoms with Gasteiger partial charge < -0.3 is 20.3 Å². The Kier molecular flexibility index (Phi) is 7.07. The molecule has 2 amide bonds. The topological polar surface area (TPSA) is 114 Å². The third kappa shape index (κ3) is 5.08. The first-order valence-corrected chi connectivity index (χ1v) is 12.1. The molecule has 176 valence electrons. The highest BCUT2D eigenvalue weighted by Crippen LogP contribution is 2.27. The average molecular weight is 472 g/mol. The Morgan fingerprint density at radius 3 is 2.70 bits per heavy atom. The van der Waals surface area contributed by atoms with Crippen LogP contribution in [0.3, 0.4) is 0 Å². The van der Waals surface area contributed by atoms with Crippen LogP contribution in [0, 0.1) is 0 Å². The Hall–Kier alpha value is -3.21. The molecule has 1 aliphatic heterocycles. The van der Waals surface area contributed by atoms with Crippen molar-refractivity contribution >= 4 is 34.0 Å². The van der Waals surface area contributed by atoms with Crippen molar-refractivity contribution in [3.05, 3.63) is 29.5 Å². The number of amides is 2. The van der Waals surface area contributed by atoms with Crippen molar-refractivity contribution in [2.75, 3.05) is 25.5 Å². The largest absolute Gasteiger partial charge is 0.453 e. The standard InChI is InChI=1S/C22H29N7O3S/c1-4-14(5-2)24-18-12-17(20(30)28-8-6-15(7-9-28)25-22(31)32-3)26-19(27-18)16-13-23-29-10-11-33-21(16)29/h10-15H,4-9H2,1-3H3,(H,25,31)(H,24,26,27). The smallest absolute Gasteiger partial charge is 0.407 e. The van der Waals surface area contributed by atoms with E-state index in [1.165, 1.54) is 7.11 Å². The molecule has 11 heteroatoms. The molecule has 33 heavy (non-hydrogen) atoms. The lowest BCUT2D eigenvalue weighted by Crippen LogP contribution is -2.46. The summed E-state index contributed by atoms with van der Waals surface area (Å²) < 4.78 is 6.46. The number of nitrogens with zero attached hydrogens (tertiary/aromatic N) is 5. The molecule has 3 aromatic rings. The summed E-state index contributed by atoms with van der Waals surface area (Å²) in [6.07, 6.45) is 6.40. The Morgan fingerprint density at radius 1 is 1.24 bits per heavy atom. The van der Waals surface area contributed by atoms with Gasteiger partial charge in [0, 0.05) is 42.8 Å². The molecule has 10 nitrogen and oxygen atoms in total. The molecular weight excluding hydrogens is 442 g/mol. The van der Waals surface area contributed by atoms with Crippen LogP contribution in [0.2, 0.25) is 0 Å². The zero-order chi connectivity index (χ0) is 23.4. The van der Waals surface area contributed by atoms with Gasteiger partial charge in [-0.25, -0.2) is 19.3 Å². The first kappa shape index (κ1) is 23.0. The lowest BCUT2D eigenvalue weighted by Gasteiger charge is -2.32. The second-order valence-corrected chi connectivity index (χ2v) is 8.93. The van der Waals surface area contributed by atoms with Gasteiger partial charge in [0.1, 0.15) is 16.3 Å². The number of likely N-dealkylation sites (tertiary alicyclic amines) is 1. The van der Waals surface area contributed by atoms with Crippen LogP contribution in [-0.2, 0) is 4.74 Å². The van der Waals surface area contributed by atoms with Crippen molar-refractivity contribution in [1.82, 2.24) is 29.8 Å². The normalized spacial score (nSPS) is 14.6. The lowest BCUT2D eigenvalue weighted by molar-refractivity contribution is 0.0698. The summed E-state index contributed by atoms with van der Waals surface area (Å²) in [5.41, 5.74) is 1.15. The highest BCUT2D eigenvalue weighted by atomic mass is 32.1. The summed E-state index contributed by atoms with van der Waals surface area (Å²) in [5, 5.41) is 12.6. The molecule has 4 rings (SSSR count). The van der Waals surface area contributed by atoms with E-state index in [4.69, 9.17) is 4.98 Å². The maximum absolute atomic E-state index is 13.4. The highest BCUT2D eigenvalue weighted by molar-refractivity contribution is 7.16. The second-order valence-electron chi connectivity index (χ2n) is 8.03. The van der Waals surface area contributed by atoms with Crippen LogP contribution in [0.5, 0.6) is 0 Å². The zero-order valence-electron chi connectivity index (χ0n) is 19.1. The van der Waals surface area contributed by atoms with Gasteiger partial charge in [0.25, 0.3) is 5.91 Å². The molecule has 4 heterocycles. The van der Waals surface area contributed by atoms with Crippen molar-refractivity contribution in [1.29, 1.82) is 0 Å². The van der Waals surface area contributed by atoms with Gasteiger partial charge in [-0.05, 0) is 25.7 Å². The van der Waals surface area contributed by atoms with E-state index in [0.29, 0.717) is 43.3 Å². The van der Waals surface area contributed by atoms with Gasteiger partial charge in [0.05, 0.1) is 18.9 Å². The van der Waals surface area contributed by atoms with Crippen LogP contribution in [0.25, 0.3) is 16.2 Å². The molecule has 0 atom stereocenters. The van der Waals surface area contributed by atoms with E-state index in [2.05, 4.69) is 39.3 Å². The molecule has 0 bridgehead atoms. The molecule has 0 aliphatic carbocycles. The quantitative estimate of drug-likeness (QED) is 0.543. The van der Waals surface area contributed by atoms with Gasteiger partial charge in [-0.2, -0.15) is 5.10 Å². The van der Waals surface area contributed by atoms with Crippen LogP contribution in [0.1, 0.15) is 50.0 Å². The highest BCUT2D eigenvalue weighted by Gasteiger charge is 2.27. The fourth-order valence-electron chi connectivity index (χ4n) is 3.95. The number of carbonyl (C=O) groups excluding carboxylic acids is 2. The fourth-order valence-corrected chi connectivity index (χ4v) is 4.74. The monoisotopic (exact) mass is 471 g/mol. The third-order valence-electron chi connectivity index (χ3n) is 5.94. The van der Waals surface area contributed by atoms with E-state index < -0.39 is 6.09 Å². The number of thiazole rings is 1. The van der Waals surface area contributed by atoms with Crippen molar-refractivity contribution in [3.8, 4) is 11.4 Å². The average Bonchev–Trinajstić information content (AvgIpc) is 3.46. The molecule has 2 N–H and O–H groups in total. The predicted octanol–water partition coefficient (Wildman–Crippen LogP) is 3.41. The third-order valence-corrected chi connectivity index (χ3v) is 6.83. The summed E-state index contributed by atoms with van der Waals surface area (Å²) in [7, 11) is 1.35. The number of alkyl carbamates (subject to hydrolysis) is 1. The number of nitrogens with one attached hydrogen (secondary N) is 2. The molecular formula is C22H29N7O3S. The molecule has 1 saturated heterocycles. The van der Waals surface area contributed by atoms with Crippen LogP contribution in [-0.4, -0.2) is 68.8 Å². The molecule has 0 saturated carbocycles. The Bertz CT molecular complexity index is 1120. The predicted molar refractivity (Wildman–Crippen MR) is 127 cm³/mol. The van der Waals surface area contributed by atoms with Gasteiger partial charge >= 0.3 is 6.09 Å². The minimum absolute atomic E-state index is 0.00548. The molecule has 0 unspecified atom stereocenters. The second kappa shape index (κ2) is 10.2. The molecule has 0 radical (unpaired) electrons. The van der Waals surface area contributed by atoms with E-state index in [0.717, 1.165) is 23.2 Å². The summed E-state index contributed by atoms with van der Waals surface area (Å²) in [6.45, 7) is 5.31. The fraction of sp³-hybridized carbons (Fsp3) is 0.500. The number of hydrogen-bond donors (Lipinski definition) is 2. The van der Waals surface area contributed by atoms with Crippen LogP contribution >= 0.6 is 11.3 Å². The number of hydrogen-bond acceptors (Lipinski definition) is 8. The van der Waals surface area contributed by atoms with Crippen LogP contribution in [0.15, 0.2) is 23.8 Å². The number of aromatic nitrogens is 4. The first-order valence-electron chi connectivity index (χ1n) is 11.2. The van der Waals surface area contributed by atoms with Crippen molar-refractivity contribution in [3.63, 3.8) is 0 Å². The maximum atomic E-state index is 13.4. The van der Waals surface area contributed by atoms with Crippen LogP contribution < -0.4 is 10.6 Å². The Labute approximate surface area is 196 Å². The van der Waals surface area contributed by atoms with Gasteiger partial charge in [0.2, 0.25) is 0 Å². The molecule has 0 aromatic carbocycles. The minimum atomic E-state index is -0.446. The van der Waals surface area contributed by atoms with E-state index >= 15 is 0 Å². The number of fused-ring (bicyclic) bond motifs is 1. The summed E-state index contributed by atoms with van der Waals surface area (Å²) in [5.74, 6) is 0.974. The van der Waals surface area contributed by atoms with Crippen molar-refractivity contribution < 1.29 is 14.3 Å². The van der Waals surface area contributed by atoms with Crippen LogP contribution in [0.4, 0.5) is 10.6 Å². The van der Waals surface area contributed by atoms with Gasteiger partial charge in [0.15, 0.2) is 5.82 Å². The molecule has 1 aliphatic rings. The summed E-state index contributed by atoms with van der Waals surface area (Å²) in [6, 6.07) is 1.98. The number of methoxy groups -OCH3 is 1. The Morgan fingerprint density at radius 2 is 2.00 bits per heavy atom. The molecule has 0 spiro atoms. The summed E-state index contributed by atoms with van der Waals surface area (Å²) in [4.78, 5) is 36.9. The Balaban J connectivity index is 1.59. The zero-order valence-corrected chi connectivity index (χ0v) is 19.9. The van der Waals surface area contributed by atoms with Gasteiger partial charge in [-0.1, -0.05) is 13.8 Å². The number of rotatable bonds is 7. The lowest BCUT2D eigenvalue weighted by atomic mass is 10.0. The van der Waals surface area contributed by atoms with Gasteiger partial charge in [-0.3, -0.25) is 4.79 Å². The van der Waals surface area contributed by atoms with Gasteiger partial charge in [-0.15, -0.1) is 11.3 Å². The van der Waals surface area contributed by atoms with E-state index in [1.807, 2.05) is 11.6 Å². The van der Waals surface area contributed by atoms with Crippen molar-refractivity contribution in [2.45, 2.75) is 51.6 Å². The molecule has 1 fully saturated rings. The summed E-state index contributed by atoms with van der Waals surface area (Å²) >= 11 is 1.55. The van der Waals surface area contributed by atoms with E-state index in [-0.39, 0.29) is 18.0 Å². The van der Waals surface area contributed by atoms with E-state index in [9.17, 15) is 9.59 Å². The number of anilines is 1. The minimum Gasteiger partial charge on any atom is -0.453 e. The number of ether oxygens (including phenoxy) is 1. The van der Waals surface area contributed by atoms with E-state index in [1.54, 1.807) is 33.0 Å². The maximum Gasteiger partial charge on any atom is 0.407 e.